The Balaban J connectivity index is 2.09. The number of hydrogen-bond donors (Lipinski definition) is 0. The van der Waals surface area contributed by atoms with Crippen LogP contribution >= 0.6 is 0 Å². The Morgan fingerprint density at radius 3 is 2.93 bits per heavy atom. The van der Waals surface area contributed by atoms with Gasteiger partial charge in [-0.3, -0.25) is 0 Å². The van der Waals surface area contributed by atoms with Crippen LogP contribution in [-0.4, -0.2) is 0 Å². The van der Waals surface area contributed by atoms with Crippen LogP contribution in [-0.2, 0) is 11.8 Å². The molecule has 1 fully saturated rings. The van der Waals surface area contributed by atoms with Crippen molar-refractivity contribution in [3.05, 3.63) is 35.4 Å². The fourth-order valence-corrected chi connectivity index (χ4v) is 3.85. The lowest BCUT2D eigenvalue weighted by Gasteiger charge is -2.46. The maximum Gasteiger partial charge on any atom is -0.00442 e. The average molecular weight is 200 g/mol. The molecule has 0 heteroatoms. The quantitative estimate of drug-likeness (QED) is 0.592. The standard InChI is InChI=1S/C15H20/c1-15-11-5-4-7-13(15)10-9-12-6-2-3-8-14(12)15/h2-3,6,8,13H,4-5,7,9-11H2,1H3/t13-,15+/m1/s1. The highest BCUT2D eigenvalue weighted by Crippen LogP contribution is 2.49. The summed E-state index contributed by atoms with van der Waals surface area (Å²) < 4.78 is 0. The molecule has 2 atom stereocenters. The van der Waals surface area contributed by atoms with Crippen molar-refractivity contribution in [1.29, 1.82) is 0 Å². The van der Waals surface area contributed by atoms with Crippen molar-refractivity contribution in [3.63, 3.8) is 0 Å². The Morgan fingerprint density at radius 1 is 1.13 bits per heavy atom. The summed E-state index contributed by atoms with van der Waals surface area (Å²) in [5, 5.41) is 0. The normalized spacial score (nSPS) is 34.3. The number of fused-ring (bicyclic) bond motifs is 3. The molecule has 1 saturated carbocycles. The summed E-state index contributed by atoms with van der Waals surface area (Å²) in [7, 11) is 0. The van der Waals surface area contributed by atoms with Crippen LogP contribution in [0.2, 0.25) is 0 Å². The molecule has 0 saturated heterocycles. The molecule has 0 amide bonds. The van der Waals surface area contributed by atoms with Gasteiger partial charge in [0.1, 0.15) is 0 Å². The highest BCUT2D eigenvalue weighted by molar-refractivity contribution is 5.37. The van der Waals surface area contributed by atoms with Gasteiger partial charge >= 0.3 is 0 Å². The van der Waals surface area contributed by atoms with Crippen molar-refractivity contribution in [2.24, 2.45) is 5.92 Å². The third kappa shape index (κ3) is 1.34. The summed E-state index contributed by atoms with van der Waals surface area (Å²) in [5.74, 6) is 0.959. The van der Waals surface area contributed by atoms with Crippen LogP contribution in [0.5, 0.6) is 0 Å². The lowest BCUT2D eigenvalue weighted by atomic mass is 9.58. The van der Waals surface area contributed by atoms with Gasteiger partial charge in [0.15, 0.2) is 0 Å². The van der Waals surface area contributed by atoms with E-state index in [1.165, 1.54) is 38.5 Å². The van der Waals surface area contributed by atoms with Crippen LogP contribution in [0.3, 0.4) is 0 Å². The topological polar surface area (TPSA) is 0 Å². The van der Waals surface area contributed by atoms with Crippen LogP contribution in [0.1, 0.15) is 50.2 Å². The molecule has 1 aromatic carbocycles. The summed E-state index contributed by atoms with van der Waals surface area (Å²) in [5.41, 5.74) is 3.80. The molecule has 3 rings (SSSR count). The molecule has 0 unspecified atom stereocenters. The van der Waals surface area contributed by atoms with E-state index in [4.69, 9.17) is 0 Å². The predicted molar refractivity (Wildman–Crippen MR) is 64.1 cm³/mol. The van der Waals surface area contributed by atoms with Crippen molar-refractivity contribution in [3.8, 4) is 0 Å². The van der Waals surface area contributed by atoms with Crippen LogP contribution in [0.25, 0.3) is 0 Å². The molecule has 0 heterocycles. The van der Waals surface area contributed by atoms with Gasteiger partial charge in [-0.05, 0) is 48.1 Å². The van der Waals surface area contributed by atoms with Crippen molar-refractivity contribution in [1.82, 2.24) is 0 Å². The maximum atomic E-state index is 2.51. The van der Waals surface area contributed by atoms with Gasteiger partial charge in [0.2, 0.25) is 0 Å². The first-order valence-corrected chi connectivity index (χ1v) is 6.39. The van der Waals surface area contributed by atoms with E-state index in [2.05, 4.69) is 31.2 Å². The van der Waals surface area contributed by atoms with Crippen molar-refractivity contribution in [2.45, 2.75) is 50.9 Å². The predicted octanol–water partition coefficient (Wildman–Crippen LogP) is 4.08. The minimum absolute atomic E-state index is 0.507. The highest BCUT2D eigenvalue weighted by Gasteiger charge is 2.41. The number of rotatable bonds is 0. The molecule has 0 bridgehead atoms. The second-order valence-electron chi connectivity index (χ2n) is 5.56. The van der Waals surface area contributed by atoms with Gasteiger partial charge in [0.25, 0.3) is 0 Å². The largest absolute Gasteiger partial charge is 0.0620 e. The van der Waals surface area contributed by atoms with Gasteiger partial charge < -0.3 is 0 Å². The van der Waals surface area contributed by atoms with Crippen LogP contribution < -0.4 is 0 Å². The third-order valence-corrected chi connectivity index (χ3v) is 4.79. The first kappa shape index (κ1) is 9.45. The fraction of sp³-hybridized carbons (Fsp3) is 0.600. The van der Waals surface area contributed by atoms with E-state index in [1.807, 2.05) is 0 Å². The van der Waals surface area contributed by atoms with Crippen LogP contribution in [0.15, 0.2) is 24.3 Å². The Labute approximate surface area is 92.7 Å². The SMILES string of the molecule is C[C@]12CCCC[C@@H]1CCc1ccccc12. The molecule has 2 aliphatic rings. The maximum absolute atomic E-state index is 2.51. The molecule has 0 spiro atoms. The Bertz CT molecular complexity index is 366. The average Bonchev–Trinajstić information content (AvgIpc) is 2.29. The van der Waals surface area contributed by atoms with Crippen molar-refractivity contribution < 1.29 is 0 Å². The number of benzene rings is 1. The van der Waals surface area contributed by atoms with E-state index < -0.39 is 0 Å². The summed E-state index contributed by atoms with van der Waals surface area (Å²) >= 11 is 0. The molecule has 15 heavy (non-hydrogen) atoms. The van der Waals surface area contributed by atoms with Gasteiger partial charge in [-0.25, -0.2) is 0 Å². The summed E-state index contributed by atoms with van der Waals surface area (Å²) in [6, 6.07) is 9.14. The molecule has 1 aromatic rings. The molecule has 2 aliphatic carbocycles. The molecular weight excluding hydrogens is 180 g/mol. The van der Waals surface area contributed by atoms with Gasteiger partial charge in [-0.1, -0.05) is 44.0 Å². The first-order chi connectivity index (χ1) is 7.31. The fourth-order valence-electron chi connectivity index (χ4n) is 3.85. The summed E-state index contributed by atoms with van der Waals surface area (Å²) in [6.07, 6.45) is 8.51. The second-order valence-corrected chi connectivity index (χ2v) is 5.56. The minimum Gasteiger partial charge on any atom is -0.0620 e. The zero-order valence-corrected chi connectivity index (χ0v) is 9.63. The monoisotopic (exact) mass is 200 g/mol. The molecule has 0 aromatic heterocycles. The van der Waals surface area contributed by atoms with E-state index >= 15 is 0 Å². The number of hydrogen-bond acceptors (Lipinski definition) is 0. The van der Waals surface area contributed by atoms with E-state index in [0.717, 1.165) is 5.92 Å². The first-order valence-electron chi connectivity index (χ1n) is 6.39. The molecule has 0 radical (unpaired) electrons. The molecule has 0 nitrogen and oxygen atoms in total. The van der Waals surface area contributed by atoms with Gasteiger partial charge in [-0.2, -0.15) is 0 Å². The zero-order chi connectivity index (χ0) is 10.3. The highest BCUT2D eigenvalue weighted by atomic mass is 14.4. The Hall–Kier alpha value is -0.780. The summed E-state index contributed by atoms with van der Waals surface area (Å²) in [6.45, 7) is 2.51. The third-order valence-electron chi connectivity index (χ3n) is 4.79. The zero-order valence-electron chi connectivity index (χ0n) is 9.63. The van der Waals surface area contributed by atoms with Crippen molar-refractivity contribution >= 4 is 0 Å². The van der Waals surface area contributed by atoms with E-state index in [-0.39, 0.29) is 0 Å². The number of aryl methyl sites for hydroxylation is 1. The minimum atomic E-state index is 0.507. The lowest BCUT2D eigenvalue weighted by molar-refractivity contribution is 0.178. The molecular formula is C15H20. The summed E-state index contributed by atoms with van der Waals surface area (Å²) in [4.78, 5) is 0. The van der Waals surface area contributed by atoms with Gasteiger partial charge in [-0.15, -0.1) is 0 Å². The van der Waals surface area contributed by atoms with E-state index in [1.54, 1.807) is 11.1 Å². The molecule has 0 N–H and O–H groups in total. The second kappa shape index (κ2) is 3.37. The smallest absolute Gasteiger partial charge is 0.00442 e. The van der Waals surface area contributed by atoms with Gasteiger partial charge in [0.05, 0.1) is 0 Å². The molecule has 0 aliphatic heterocycles. The molecule has 80 valence electrons. The Morgan fingerprint density at radius 2 is 2.00 bits per heavy atom. The van der Waals surface area contributed by atoms with Gasteiger partial charge in [0, 0.05) is 0 Å². The van der Waals surface area contributed by atoms with E-state index in [0.29, 0.717) is 5.41 Å². The van der Waals surface area contributed by atoms with Crippen LogP contribution in [0.4, 0.5) is 0 Å². The Kier molecular flexibility index (Phi) is 2.12. The van der Waals surface area contributed by atoms with E-state index in [9.17, 15) is 0 Å². The van der Waals surface area contributed by atoms with Crippen LogP contribution in [0, 0.1) is 5.92 Å². The lowest BCUT2D eigenvalue weighted by Crippen LogP contribution is -2.39. The van der Waals surface area contributed by atoms with Crippen molar-refractivity contribution in [2.75, 3.05) is 0 Å².